The van der Waals surface area contributed by atoms with Crippen LogP contribution in [0.1, 0.15) is 12.0 Å². The lowest BCUT2D eigenvalue weighted by Gasteiger charge is -2.08. The van der Waals surface area contributed by atoms with Gasteiger partial charge in [-0.2, -0.15) is 0 Å². The molecule has 0 radical (unpaired) electrons. The van der Waals surface area contributed by atoms with Gasteiger partial charge in [-0.1, -0.05) is 24.3 Å². The summed E-state index contributed by atoms with van der Waals surface area (Å²) in [6.07, 6.45) is 2.99. The van der Waals surface area contributed by atoms with Crippen LogP contribution in [-0.2, 0) is 11.2 Å². The third-order valence-corrected chi connectivity index (χ3v) is 3.93. The monoisotopic (exact) mass is 336 g/mol. The highest BCUT2D eigenvalue weighted by Crippen LogP contribution is 2.20. The molecular formula is C19H20N4O2. The maximum absolute atomic E-state index is 12.2. The summed E-state index contributed by atoms with van der Waals surface area (Å²) in [5.41, 5.74) is 3.47. The minimum atomic E-state index is -0.303. The molecule has 0 atom stereocenters. The third-order valence-electron chi connectivity index (χ3n) is 3.93. The molecule has 0 bridgehead atoms. The fraction of sp³-hybridized carbons (Fsp3) is 0.158. The number of fused-ring (bicyclic) bond motifs is 1. The number of hydrogen-bond donors (Lipinski definition) is 4. The Balaban J connectivity index is 1.59. The second-order valence-electron chi connectivity index (χ2n) is 5.69. The van der Waals surface area contributed by atoms with E-state index in [1.807, 2.05) is 30.5 Å². The zero-order valence-corrected chi connectivity index (χ0v) is 13.9. The Morgan fingerprint density at radius 3 is 2.56 bits per heavy atom. The number of H-pyrrole nitrogens is 1. The number of nitrogens with one attached hydrogen (secondary N) is 4. The van der Waals surface area contributed by atoms with Gasteiger partial charge in [-0.15, -0.1) is 0 Å². The van der Waals surface area contributed by atoms with Crippen LogP contribution in [0.25, 0.3) is 10.9 Å². The number of carbonyl (C=O) groups is 2. The van der Waals surface area contributed by atoms with Crippen LogP contribution in [-0.4, -0.2) is 24.0 Å². The summed E-state index contributed by atoms with van der Waals surface area (Å²) in [6, 6.07) is 14.8. The van der Waals surface area contributed by atoms with E-state index in [4.69, 9.17) is 0 Å². The molecule has 0 aliphatic carbocycles. The number of benzene rings is 2. The van der Waals surface area contributed by atoms with Gasteiger partial charge in [0.1, 0.15) is 0 Å². The molecule has 6 heteroatoms. The number of para-hydroxylation sites is 1. The average molecular weight is 336 g/mol. The minimum absolute atomic E-state index is 0.0672. The lowest BCUT2D eigenvalue weighted by Crippen LogP contribution is -2.24. The van der Waals surface area contributed by atoms with Crippen LogP contribution in [0.4, 0.5) is 16.2 Å². The third kappa shape index (κ3) is 4.17. The van der Waals surface area contributed by atoms with Gasteiger partial charge in [-0.05, 0) is 36.2 Å². The van der Waals surface area contributed by atoms with Crippen LogP contribution in [0.2, 0.25) is 0 Å². The van der Waals surface area contributed by atoms with E-state index in [1.54, 1.807) is 31.3 Å². The van der Waals surface area contributed by atoms with Gasteiger partial charge in [0.05, 0.1) is 0 Å². The molecule has 25 heavy (non-hydrogen) atoms. The smallest absolute Gasteiger partial charge is 0.318 e. The predicted octanol–water partition coefficient (Wildman–Crippen LogP) is 3.49. The molecule has 1 heterocycles. The number of carbonyl (C=O) groups excluding carboxylic acids is 2. The van der Waals surface area contributed by atoms with Crippen LogP contribution in [0.5, 0.6) is 0 Å². The molecule has 0 unspecified atom stereocenters. The number of anilines is 2. The van der Waals surface area contributed by atoms with Gasteiger partial charge in [-0.25, -0.2) is 4.79 Å². The molecule has 0 saturated carbocycles. The first-order valence-electron chi connectivity index (χ1n) is 8.09. The van der Waals surface area contributed by atoms with Crippen molar-refractivity contribution in [2.45, 2.75) is 12.8 Å². The van der Waals surface area contributed by atoms with Crippen molar-refractivity contribution in [2.24, 2.45) is 0 Å². The van der Waals surface area contributed by atoms with E-state index in [-0.39, 0.29) is 11.9 Å². The SMILES string of the molecule is CNC(=O)Nc1cccc(NC(=O)CCc2c[nH]c3ccccc23)c1. The maximum Gasteiger partial charge on any atom is 0.318 e. The quantitative estimate of drug-likeness (QED) is 0.575. The number of rotatable bonds is 5. The molecule has 1 aromatic heterocycles. The summed E-state index contributed by atoms with van der Waals surface area (Å²) in [7, 11) is 1.55. The predicted molar refractivity (Wildman–Crippen MR) is 99.8 cm³/mol. The zero-order chi connectivity index (χ0) is 17.6. The molecule has 3 rings (SSSR count). The molecule has 2 aromatic carbocycles. The number of aromatic nitrogens is 1. The highest BCUT2D eigenvalue weighted by atomic mass is 16.2. The van der Waals surface area contributed by atoms with Crippen LogP contribution >= 0.6 is 0 Å². The van der Waals surface area contributed by atoms with Gasteiger partial charge < -0.3 is 20.9 Å². The zero-order valence-electron chi connectivity index (χ0n) is 13.9. The second-order valence-corrected chi connectivity index (χ2v) is 5.69. The molecule has 0 spiro atoms. The van der Waals surface area contributed by atoms with Crippen LogP contribution in [0.3, 0.4) is 0 Å². The van der Waals surface area contributed by atoms with E-state index in [0.29, 0.717) is 24.2 Å². The topological polar surface area (TPSA) is 86.0 Å². The van der Waals surface area contributed by atoms with Crippen LogP contribution < -0.4 is 16.0 Å². The van der Waals surface area contributed by atoms with Gasteiger partial charge in [-0.3, -0.25) is 4.79 Å². The number of urea groups is 1. The lowest BCUT2D eigenvalue weighted by molar-refractivity contribution is -0.116. The van der Waals surface area contributed by atoms with E-state index in [2.05, 4.69) is 20.9 Å². The number of hydrogen-bond acceptors (Lipinski definition) is 2. The molecule has 3 aromatic rings. The van der Waals surface area contributed by atoms with Gasteiger partial charge in [0.15, 0.2) is 0 Å². The number of aromatic amines is 1. The molecule has 0 aliphatic rings. The standard InChI is InChI=1S/C19H20N4O2/c1-20-19(25)23-15-6-4-5-14(11-15)22-18(24)10-9-13-12-21-17-8-3-2-7-16(13)17/h2-8,11-12,21H,9-10H2,1H3,(H,22,24)(H2,20,23,25). The molecule has 128 valence electrons. The van der Waals surface area contributed by atoms with E-state index in [9.17, 15) is 9.59 Å². The van der Waals surface area contributed by atoms with Gasteiger partial charge >= 0.3 is 6.03 Å². The minimum Gasteiger partial charge on any atom is -0.361 e. The van der Waals surface area contributed by atoms with Gasteiger partial charge in [0.25, 0.3) is 0 Å². The number of aryl methyl sites for hydroxylation is 1. The molecule has 0 saturated heterocycles. The Kier molecular flexibility index (Phi) is 4.99. The van der Waals surface area contributed by atoms with E-state index in [0.717, 1.165) is 16.5 Å². The molecular weight excluding hydrogens is 316 g/mol. The summed E-state index contributed by atoms with van der Waals surface area (Å²) in [5.74, 6) is -0.0672. The summed E-state index contributed by atoms with van der Waals surface area (Å²) < 4.78 is 0. The Morgan fingerprint density at radius 1 is 1.00 bits per heavy atom. The number of amides is 3. The van der Waals surface area contributed by atoms with Crippen molar-refractivity contribution in [1.29, 1.82) is 0 Å². The molecule has 0 aliphatic heterocycles. The van der Waals surface area contributed by atoms with Crippen molar-refractivity contribution in [3.8, 4) is 0 Å². The van der Waals surface area contributed by atoms with Gasteiger partial charge in [0, 0.05) is 41.9 Å². The second kappa shape index (κ2) is 7.53. The van der Waals surface area contributed by atoms with E-state index >= 15 is 0 Å². The van der Waals surface area contributed by atoms with Crippen molar-refractivity contribution in [3.05, 3.63) is 60.3 Å². The van der Waals surface area contributed by atoms with Crippen molar-refractivity contribution in [1.82, 2.24) is 10.3 Å². The average Bonchev–Trinajstić information content (AvgIpc) is 3.03. The fourth-order valence-corrected chi connectivity index (χ4v) is 2.68. The molecule has 0 fully saturated rings. The Hall–Kier alpha value is -3.28. The highest BCUT2D eigenvalue weighted by molar-refractivity contribution is 5.94. The maximum atomic E-state index is 12.2. The largest absolute Gasteiger partial charge is 0.361 e. The molecule has 3 amide bonds. The summed E-state index contributed by atoms with van der Waals surface area (Å²) >= 11 is 0. The van der Waals surface area contributed by atoms with E-state index in [1.165, 1.54) is 0 Å². The van der Waals surface area contributed by atoms with Crippen molar-refractivity contribution in [2.75, 3.05) is 17.7 Å². The Morgan fingerprint density at radius 2 is 1.76 bits per heavy atom. The normalized spacial score (nSPS) is 10.4. The summed E-state index contributed by atoms with van der Waals surface area (Å²) in [5, 5.41) is 9.17. The molecule has 4 N–H and O–H groups in total. The van der Waals surface area contributed by atoms with Crippen molar-refractivity contribution < 1.29 is 9.59 Å². The first kappa shape index (κ1) is 16.6. The van der Waals surface area contributed by atoms with Crippen LogP contribution in [0, 0.1) is 0 Å². The van der Waals surface area contributed by atoms with Crippen molar-refractivity contribution >= 4 is 34.2 Å². The van der Waals surface area contributed by atoms with Crippen LogP contribution in [0.15, 0.2) is 54.7 Å². The molecule has 6 nitrogen and oxygen atoms in total. The lowest BCUT2D eigenvalue weighted by atomic mass is 10.1. The summed E-state index contributed by atoms with van der Waals surface area (Å²) in [6.45, 7) is 0. The first-order chi connectivity index (χ1) is 12.2. The fourth-order valence-electron chi connectivity index (χ4n) is 2.68. The highest BCUT2D eigenvalue weighted by Gasteiger charge is 2.08. The van der Waals surface area contributed by atoms with Crippen molar-refractivity contribution in [3.63, 3.8) is 0 Å². The Labute approximate surface area is 145 Å². The van der Waals surface area contributed by atoms with E-state index < -0.39 is 0 Å². The summed E-state index contributed by atoms with van der Waals surface area (Å²) in [4.78, 5) is 26.8. The Bertz CT molecular complexity index is 901. The first-order valence-corrected chi connectivity index (χ1v) is 8.09. The van der Waals surface area contributed by atoms with Gasteiger partial charge in [0.2, 0.25) is 5.91 Å².